The predicted octanol–water partition coefficient (Wildman–Crippen LogP) is -2.83. The van der Waals surface area contributed by atoms with E-state index in [2.05, 4.69) is 4.74 Å². The standard InChI is InChI=1S/C7H14O6/c1-7(12)5(10)4(9)3(2-8)13-6(7)11/h3-6,8-12H,2H2,1H3/t3-,4+,5+,6+,7-/m1/s1. The first-order valence-electron chi connectivity index (χ1n) is 3.94. The molecule has 1 fully saturated rings. The molecule has 0 amide bonds. The van der Waals surface area contributed by atoms with Gasteiger partial charge in [0.2, 0.25) is 0 Å². The van der Waals surface area contributed by atoms with Gasteiger partial charge in [-0.3, -0.25) is 0 Å². The van der Waals surface area contributed by atoms with Crippen LogP contribution in [0.15, 0.2) is 0 Å². The molecule has 0 aromatic carbocycles. The van der Waals surface area contributed by atoms with Crippen LogP contribution in [0.3, 0.4) is 0 Å². The van der Waals surface area contributed by atoms with Gasteiger partial charge in [0.1, 0.15) is 23.9 Å². The van der Waals surface area contributed by atoms with Crippen LogP contribution in [0.25, 0.3) is 0 Å². The largest absolute Gasteiger partial charge is 0.394 e. The van der Waals surface area contributed by atoms with Crippen molar-refractivity contribution in [1.29, 1.82) is 0 Å². The Morgan fingerprint density at radius 2 is 1.85 bits per heavy atom. The third kappa shape index (κ3) is 1.69. The normalized spacial score (nSPS) is 52.2. The van der Waals surface area contributed by atoms with E-state index >= 15 is 0 Å². The maximum Gasteiger partial charge on any atom is 0.186 e. The second-order valence-corrected chi connectivity index (χ2v) is 3.37. The minimum absolute atomic E-state index is 0.536. The fourth-order valence-corrected chi connectivity index (χ4v) is 1.23. The van der Waals surface area contributed by atoms with Crippen LogP contribution < -0.4 is 0 Å². The molecule has 1 heterocycles. The number of rotatable bonds is 1. The van der Waals surface area contributed by atoms with Crippen molar-refractivity contribution in [3.8, 4) is 0 Å². The van der Waals surface area contributed by atoms with Gasteiger partial charge in [-0.1, -0.05) is 0 Å². The zero-order valence-electron chi connectivity index (χ0n) is 7.16. The van der Waals surface area contributed by atoms with Crippen LogP contribution in [0.5, 0.6) is 0 Å². The van der Waals surface area contributed by atoms with Crippen molar-refractivity contribution in [2.24, 2.45) is 0 Å². The summed E-state index contributed by atoms with van der Waals surface area (Å²) in [7, 11) is 0. The third-order valence-corrected chi connectivity index (χ3v) is 2.29. The van der Waals surface area contributed by atoms with Gasteiger partial charge in [0, 0.05) is 0 Å². The lowest BCUT2D eigenvalue weighted by Gasteiger charge is -2.43. The Kier molecular flexibility index (Phi) is 2.91. The molecule has 0 saturated carbocycles. The summed E-state index contributed by atoms with van der Waals surface area (Å²) >= 11 is 0. The summed E-state index contributed by atoms with van der Waals surface area (Å²) in [5.41, 5.74) is -1.93. The quantitative estimate of drug-likeness (QED) is 0.308. The highest BCUT2D eigenvalue weighted by atomic mass is 16.6. The van der Waals surface area contributed by atoms with Crippen molar-refractivity contribution in [3.63, 3.8) is 0 Å². The van der Waals surface area contributed by atoms with E-state index in [1.807, 2.05) is 0 Å². The fraction of sp³-hybridized carbons (Fsp3) is 1.00. The smallest absolute Gasteiger partial charge is 0.186 e. The van der Waals surface area contributed by atoms with Crippen LogP contribution in [0.1, 0.15) is 6.92 Å². The van der Waals surface area contributed by atoms with Gasteiger partial charge in [-0.2, -0.15) is 0 Å². The highest BCUT2D eigenvalue weighted by Gasteiger charge is 2.50. The molecule has 0 aliphatic carbocycles. The molecule has 0 spiro atoms. The monoisotopic (exact) mass is 194 g/mol. The molecule has 13 heavy (non-hydrogen) atoms. The van der Waals surface area contributed by atoms with Crippen molar-refractivity contribution >= 4 is 0 Å². The summed E-state index contributed by atoms with van der Waals surface area (Å²) < 4.78 is 4.68. The van der Waals surface area contributed by atoms with Crippen molar-refractivity contribution in [2.75, 3.05) is 6.61 Å². The summed E-state index contributed by atoms with van der Waals surface area (Å²) in [6.45, 7) is 0.602. The van der Waals surface area contributed by atoms with Crippen LogP contribution in [-0.2, 0) is 4.74 Å². The minimum atomic E-state index is -1.93. The highest BCUT2D eigenvalue weighted by molar-refractivity contribution is 4.96. The molecule has 5 atom stereocenters. The lowest BCUT2D eigenvalue weighted by molar-refractivity contribution is -0.323. The Bertz CT molecular complexity index is 182. The van der Waals surface area contributed by atoms with Gasteiger partial charge in [0.15, 0.2) is 6.29 Å². The Hall–Kier alpha value is -0.240. The molecular weight excluding hydrogens is 180 g/mol. The minimum Gasteiger partial charge on any atom is -0.394 e. The zero-order chi connectivity index (χ0) is 10.2. The van der Waals surface area contributed by atoms with Crippen molar-refractivity contribution in [3.05, 3.63) is 0 Å². The second kappa shape index (κ2) is 3.49. The summed E-state index contributed by atoms with van der Waals surface area (Å²) in [6, 6.07) is 0. The number of aliphatic hydroxyl groups excluding tert-OH is 4. The lowest BCUT2D eigenvalue weighted by Crippen LogP contribution is -2.65. The topological polar surface area (TPSA) is 110 Å². The van der Waals surface area contributed by atoms with E-state index in [1.54, 1.807) is 0 Å². The molecule has 0 aromatic heterocycles. The summed E-state index contributed by atoms with van der Waals surface area (Å²) in [6.07, 6.45) is -5.66. The molecule has 6 nitrogen and oxygen atoms in total. The Morgan fingerprint density at radius 3 is 2.31 bits per heavy atom. The SMILES string of the molecule is C[C@]1(O)[C@@H](O)O[C@H](CO)[C@H](O)[C@@H]1O. The molecular formula is C7H14O6. The average molecular weight is 194 g/mol. The molecule has 0 unspecified atom stereocenters. The molecule has 5 N–H and O–H groups in total. The Labute approximate surface area is 75.0 Å². The zero-order valence-corrected chi connectivity index (χ0v) is 7.16. The van der Waals surface area contributed by atoms with Gasteiger partial charge in [-0.15, -0.1) is 0 Å². The van der Waals surface area contributed by atoms with Crippen molar-refractivity contribution in [1.82, 2.24) is 0 Å². The Balaban J connectivity index is 2.79. The van der Waals surface area contributed by atoms with E-state index in [9.17, 15) is 20.4 Å². The number of hydrogen-bond donors (Lipinski definition) is 5. The maximum atomic E-state index is 9.43. The molecule has 1 rings (SSSR count). The van der Waals surface area contributed by atoms with Gasteiger partial charge in [-0.25, -0.2) is 0 Å². The first-order chi connectivity index (χ1) is 5.91. The van der Waals surface area contributed by atoms with Crippen LogP contribution in [0.4, 0.5) is 0 Å². The molecule has 1 saturated heterocycles. The first-order valence-corrected chi connectivity index (χ1v) is 3.94. The highest BCUT2D eigenvalue weighted by Crippen LogP contribution is 2.27. The van der Waals surface area contributed by atoms with Gasteiger partial charge in [-0.05, 0) is 6.92 Å². The molecule has 0 bridgehead atoms. The maximum absolute atomic E-state index is 9.43. The van der Waals surface area contributed by atoms with Gasteiger partial charge >= 0.3 is 0 Å². The predicted molar refractivity (Wildman–Crippen MR) is 40.6 cm³/mol. The summed E-state index contributed by atoms with van der Waals surface area (Å²) in [5, 5.41) is 45.9. The van der Waals surface area contributed by atoms with Crippen LogP contribution in [0, 0.1) is 0 Å². The van der Waals surface area contributed by atoms with Gasteiger partial charge in [0.25, 0.3) is 0 Å². The van der Waals surface area contributed by atoms with Crippen molar-refractivity contribution < 1.29 is 30.3 Å². The van der Waals surface area contributed by atoms with E-state index in [0.717, 1.165) is 6.92 Å². The number of aliphatic hydroxyl groups is 5. The second-order valence-electron chi connectivity index (χ2n) is 3.37. The fourth-order valence-electron chi connectivity index (χ4n) is 1.23. The summed E-state index contributed by atoms with van der Waals surface area (Å²) in [4.78, 5) is 0. The Morgan fingerprint density at radius 1 is 1.31 bits per heavy atom. The third-order valence-electron chi connectivity index (χ3n) is 2.29. The van der Waals surface area contributed by atoms with E-state index < -0.39 is 36.8 Å². The van der Waals surface area contributed by atoms with Crippen LogP contribution in [0.2, 0.25) is 0 Å². The molecule has 78 valence electrons. The van der Waals surface area contributed by atoms with Crippen molar-refractivity contribution in [2.45, 2.75) is 37.1 Å². The molecule has 6 heteroatoms. The van der Waals surface area contributed by atoms with Crippen LogP contribution in [-0.4, -0.2) is 62.3 Å². The first kappa shape index (κ1) is 10.8. The molecule has 0 radical (unpaired) electrons. The van der Waals surface area contributed by atoms with Gasteiger partial charge in [0.05, 0.1) is 6.61 Å². The number of hydrogen-bond acceptors (Lipinski definition) is 6. The average Bonchev–Trinajstić information content (AvgIpc) is 2.09. The van der Waals surface area contributed by atoms with E-state index in [-0.39, 0.29) is 0 Å². The van der Waals surface area contributed by atoms with E-state index in [1.165, 1.54) is 0 Å². The summed E-state index contributed by atoms with van der Waals surface area (Å²) in [5.74, 6) is 0. The van der Waals surface area contributed by atoms with E-state index in [0.29, 0.717) is 0 Å². The molecule has 1 aliphatic heterocycles. The van der Waals surface area contributed by atoms with E-state index in [4.69, 9.17) is 5.11 Å². The van der Waals surface area contributed by atoms with Gasteiger partial charge < -0.3 is 30.3 Å². The number of ether oxygens (including phenoxy) is 1. The molecule has 0 aromatic rings. The lowest BCUT2D eigenvalue weighted by atomic mass is 9.88. The van der Waals surface area contributed by atoms with Crippen LogP contribution >= 0.6 is 0 Å². The molecule has 1 aliphatic rings.